The Morgan fingerprint density at radius 3 is 3.14 bits per heavy atom. The van der Waals surface area contributed by atoms with Gasteiger partial charge in [-0.15, -0.1) is 0 Å². The van der Waals surface area contributed by atoms with Crippen LogP contribution in [-0.2, 0) is 11.3 Å². The number of aromatic nitrogens is 2. The van der Waals surface area contributed by atoms with E-state index in [-0.39, 0.29) is 11.9 Å². The van der Waals surface area contributed by atoms with Crippen molar-refractivity contribution < 1.29 is 13.7 Å². The summed E-state index contributed by atoms with van der Waals surface area (Å²) < 4.78 is 10.5. The number of rotatable bonds is 5. The second-order valence-corrected chi connectivity index (χ2v) is 5.52. The fourth-order valence-electron chi connectivity index (χ4n) is 2.75. The lowest BCUT2D eigenvalue weighted by Crippen LogP contribution is -2.41. The first-order valence-electron chi connectivity index (χ1n) is 7.56. The van der Waals surface area contributed by atoms with Crippen LogP contribution in [0.3, 0.4) is 0 Å². The second kappa shape index (κ2) is 6.74. The van der Waals surface area contributed by atoms with Crippen molar-refractivity contribution in [3.8, 4) is 0 Å². The molecule has 1 aliphatic heterocycles. The Balaban J connectivity index is 1.57. The maximum absolute atomic E-state index is 12.1. The molecule has 0 saturated carbocycles. The maximum Gasteiger partial charge on any atom is 0.243 e. The zero-order valence-corrected chi connectivity index (χ0v) is 12.6. The van der Waals surface area contributed by atoms with Crippen molar-refractivity contribution in [2.24, 2.45) is 0 Å². The normalized spacial score (nSPS) is 19.2. The molecule has 7 nitrogen and oxygen atoms in total. The summed E-state index contributed by atoms with van der Waals surface area (Å²) in [5, 5.41) is 6.72. The first-order valence-corrected chi connectivity index (χ1v) is 7.56. The van der Waals surface area contributed by atoms with Crippen LogP contribution in [0.25, 0.3) is 0 Å². The van der Waals surface area contributed by atoms with E-state index in [2.05, 4.69) is 20.4 Å². The number of amides is 1. The fraction of sp³-hybridized carbons (Fsp3) is 0.533. The molecule has 0 unspecified atom stereocenters. The molecule has 22 heavy (non-hydrogen) atoms. The van der Waals surface area contributed by atoms with Gasteiger partial charge >= 0.3 is 0 Å². The van der Waals surface area contributed by atoms with Crippen LogP contribution in [-0.4, -0.2) is 34.0 Å². The smallest absolute Gasteiger partial charge is 0.243 e. The van der Waals surface area contributed by atoms with Crippen LogP contribution in [0, 0.1) is 6.92 Å². The van der Waals surface area contributed by atoms with Crippen molar-refractivity contribution in [1.82, 2.24) is 20.4 Å². The first kappa shape index (κ1) is 14.8. The molecule has 2 aromatic rings. The van der Waals surface area contributed by atoms with E-state index < -0.39 is 0 Å². The van der Waals surface area contributed by atoms with Crippen molar-refractivity contribution in [2.75, 3.05) is 13.1 Å². The molecule has 1 saturated heterocycles. The van der Waals surface area contributed by atoms with Crippen molar-refractivity contribution in [1.29, 1.82) is 0 Å². The maximum atomic E-state index is 12.1. The minimum absolute atomic E-state index is 0.0282. The summed E-state index contributed by atoms with van der Waals surface area (Å²) in [6.07, 6.45) is 4.72. The number of carbonyl (C=O) groups excluding carboxylic acids is 1. The minimum Gasteiger partial charge on any atom is -0.467 e. The highest BCUT2D eigenvalue weighted by molar-refractivity contribution is 5.78. The molecular weight excluding hydrogens is 284 g/mol. The number of furan rings is 1. The van der Waals surface area contributed by atoms with Crippen LogP contribution in [0.1, 0.15) is 42.8 Å². The molecule has 3 rings (SSSR count). The lowest BCUT2D eigenvalue weighted by molar-refractivity contribution is -0.123. The highest BCUT2D eigenvalue weighted by Crippen LogP contribution is 2.29. The Morgan fingerprint density at radius 2 is 2.41 bits per heavy atom. The number of hydrogen-bond donors (Lipinski definition) is 1. The molecule has 1 fully saturated rings. The average molecular weight is 304 g/mol. The van der Waals surface area contributed by atoms with Gasteiger partial charge in [0, 0.05) is 0 Å². The third-order valence-electron chi connectivity index (χ3n) is 3.83. The van der Waals surface area contributed by atoms with Crippen LogP contribution in [0.2, 0.25) is 0 Å². The van der Waals surface area contributed by atoms with Crippen molar-refractivity contribution in [2.45, 2.75) is 38.8 Å². The molecule has 1 amide bonds. The molecule has 0 bridgehead atoms. The zero-order chi connectivity index (χ0) is 15.4. The largest absolute Gasteiger partial charge is 0.467 e. The van der Waals surface area contributed by atoms with E-state index in [0.717, 1.165) is 31.6 Å². The lowest BCUT2D eigenvalue weighted by atomic mass is 10.0. The van der Waals surface area contributed by atoms with Crippen molar-refractivity contribution >= 4 is 5.91 Å². The van der Waals surface area contributed by atoms with Gasteiger partial charge in [-0.2, -0.15) is 4.98 Å². The number of hydrogen-bond acceptors (Lipinski definition) is 6. The molecular formula is C15H20N4O3. The molecule has 1 atom stereocenters. The summed E-state index contributed by atoms with van der Waals surface area (Å²) >= 11 is 0. The van der Waals surface area contributed by atoms with Crippen LogP contribution in [0.15, 0.2) is 27.3 Å². The molecule has 0 aromatic carbocycles. The summed E-state index contributed by atoms with van der Waals surface area (Å²) in [6, 6.07) is 3.68. The minimum atomic E-state index is -0.0282. The van der Waals surface area contributed by atoms with Crippen molar-refractivity contribution in [3.63, 3.8) is 0 Å². The monoisotopic (exact) mass is 304 g/mol. The zero-order valence-electron chi connectivity index (χ0n) is 12.6. The van der Waals surface area contributed by atoms with E-state index in [9.17, 15) is 4.79 Å². The summed E-state index contributed by atoms with van der Waals surface area (Å²) in [5.74, 6) is 1.95. The molecule has 7 heteroatoms. The SMILES string of the molecule is Cc1noc([C@H]2CCCCN2CC(=O)NCc2ccco2)n1. The molecule has 2 aromatic heterocycles. The number of nitrogens with one attached hydrogen (secondary N) is 1. The average Bonchev–Trinajstić information content (AvgIpc) is 3.17. The summed E-state index contributed by atoms with van der Waals surface area (Å²) in [5.41, 5.74) is 0. The van der Waals surface area contributed by atoms with Gasteiger partial charge in [0.25, 0.3) is 0 Å². The molecule has 3 heterocycles. The molecule has 118 valence electrons. The number of aryl methyl sites for hydroxylation is 1. The number of nitrogens with zero attached hydrogens (tertiary/aromatic N) is 3. The topological polar surface area (TPSA) is 84.4 Å². The molecule has 0 aliphatic carbocycles. The predicted molar refractivity (Wildman–Crippen MR) is 77.8 cm³/mol. The number of carbonyl (C=O) groups is 1. The van der Waals surface area contributed by atoms with E-state index >= 15 is 0 Å². The van der Waals surface area contributed by atoms with Gasteiger partial charge in [0.1, 0.15) is 5.76 Å². The van der Waals surface area contributed by atoms with Crippen LogP contribution in [0.5, 0.6) is 0 Å². The Hall–Kier alpha value is -2.15. The van der Waals surface area contributed by atoms with E-state index in [0.29, 0.717) is 24.8 Å². The highest BCUT2D eigenvalue weighted by Gasteiger charge is 2.29. The van der Waals surface area contributed by atoms with Gasteiger partial charge in [-0.1, -0.05) is 11.6 Å². The third-order valence-corrected chi connectivity index (χ3v) is 3.83. The van der Waals surface area contributed by atoms with Gasteiger partial charge in [0.2, 0.25) is 11.8 Å². The van der Waals surface area contributed by atoms with Crippen LogP contribution < -0.4 is 5.32 Å². The Kier molecular flexibility index (Phi) is 4.53. The molecule has 1 aliphatic rings. The summed E-state index contributed by atoms with van der Waals surface area (Å²) in [6.45, 7) is 3.40. The first-order chi connectivity index (χ1) is 10.7. The van der Waals surface area contributed by atoms with Crippen LogP contribution >= 0.6 is 0 Å². The molecule has 0 radical (unpaired) electrons. The van der Waals surface area contributed by atoms with E-state index in [1.54, 1.807) is 19.3 Å². The Morgan fingerprint density at radius 1 is 1.50 bits per heavy atom. The quantitative estimate of drug-likeness (QED) is 0.907. The summed E-state index contributed by atoms with van der Waals surface area (Å²) in [7, 11) is 0. The Labute approximate surface area is 128 Å². The van der Waals surface area contributed by atoms with Gasteiger partial charge in [-0.05, 0) is 38.4 Å². The lowest BCUT2D eigenvalue weighted by Gasteiger charge is -2.32. The van der Waals surface area contributed by atoms with E-state index in [1.807, 2.05) is 6.07 Å². The van der Waals surface area contributed by atoms with Gasteiger partial charge in [0.05, 0.1) is 25.4 Å². The molecule has 1 N–H and O–H groups in total. The molecule has 0 spiro atoms. The van der Waals surface area contributed by atoms with Crippen molar-refractivity contribution in [3.05, 3.63) is 35.9 Å². The Bertz CT molecular complexity index is 608. The standard InChI is InChI=1S/C15H20N4O3/c1-11-17-15(22-18-11)13-6-2-3-7-19(13)10-14(20)16-9-12-5-4-8-21-12/h4-5,8,13H,2-3,6-7,9-10H2,1H3,(H,16,20)/t13-/m1/s1. The number of piperidine rings is 1. The third kappa shape index (κ3) is 3.54. The fourth-order valence-corrected chi connectivity index (χ4v) is 2.75. The van der Waals surface area contributed by atoms with Gasteiger partial charge in [-0.25, -0.2) is 0 Å². The van der Waals surface area contributed by atoms with Gasteiger partial charge in [0.15, 0.2) is 5.82 Å². The highest BCUT2D eigenvalue weighted by atomic mass is 16.5. The van der Waals surface area contributed by atoms with Gasteiger partial charge < -0.3 is 14.3 Å². The van der Waals surface area contributed by atoms with E-state index in [1.165, 1.54) is 0 Å². The predicted octanol–water partition coefficient (Wildman–Crippen LogP) is 1.81. The number of likely N-dealkylation sites (tertiary alicyclic amines) is 1. The van der Waals surface area contributed by atoms with E-state index in [4.69, 9.17) is 8.94 Å². The second-order valence-electron chi connectivity index (χ2n) is 5.52. The van der Waals surface area contributed by atoms with Gasteiger partial charge in [-0.3, -0.25) is 9.69 Å². The van der Waals surface area contributed by atoms with Crippen LogP contribution in [0.4, 0.5) is 0 Å². The summed E-state index contributed by atoms with van der Waals surface area (Å²) in [4.78, 5) is 18.5.